The highest BCUT2D eigenvalue weighted by molar-refractivity contribution is 5.96. The number of likely N-dealkylation sites (N-methyl/N-ethyl adjacent to an activating group) is 1. The van der Waals surface area contributed by atoms with Crippen LogP contribution in [0.25, 0.3) is 0 Å². The van der Waals surface area contributed by atoms with Crippen LogP contribution < -0.4 is 4.90 Å². The van der Waals surface area contributed by atoms with E-state index in [0.717, 1.165) is 12.2 Å². The normalized spacial score (nSPS) is 11.3. The van der Waals surface area contributed by atoms with Crippen molar-refractivity contribution in [3.8, 4) is 0 Å². The molecule has 0 fully saturated rings. The number of rotatable bonds is 6. The zero-order chi connectivity index (χ0) is 18.5. The van der Waals surface area contributed by atoms with Crippen molar-refractivity contribution in [2.45, 2.75) is 53.2 Å². The van der Waals surface area contributed by atoms with Crippen LogP contribution in [0.3, 0.4) is 0 Å². The summed E-state index contributed by atoms with van der Waals surface area (Å²) in [6.07, 6.45) is 0. The van der Waals surface area contributed by atoms with Gasteiger partial charge in [-0.1, -0.05) is 0 Å². The molecule has 0 saturated heterocycles. The van der Waals surface area contributed by atoms with E-state index in [0.29, 0.717) is 11.6 Å². The van der Waals surface area contributed by atoms with Gasteiger partial charge in [-0.15, -0.1) is 0 Å². The number of amides is 1. The Hall–Kier alpha value is -2.04. The fraction of sp³-hybridized carbons (Fsp3) is 0.579. The lowest BCUT2D eigenvalue weighted by Crippen LogP contribution is -2.36. The molecule has 0 saturated carbocycles. The Morgan fingerprint density at radius 1 is 1.12 bits per heavy atom. The fourth-order valence-electron chi connectivity index (χ4n) is 2.50. The number of carbonyl (C=O) groups is 2. The van der Waals surface area contributed by atoms with Crippen LogP contribution in [0.1, 0.15) is 51.9 Å². The van der Waals surface area contributed by atoms with Crippen LogP contribution in [0.5, 0.6) is 0 Å². The number of carbonyl (C=O) groups excluding carboxylic acids is 2. The van der Waals surface area contributed by atoms with Crippen LogP contribution in [0.4, 0.5) is 5.69 Å². The molecule has 0 radical (unpaired) electrons. The number of ether oxygens (including phenoxy) is 1. The van der Waals surface area contributed by atoms with Crippen molar-refractivity contribution >= 4 is 17.6 Å². The molecule has 24 heavy (non-hydrogen) atoms. The summed E-state index contributed by atoms with van der Waals surface area (Å²) in [5.74, 6) is -0.605. The number of hydrogen-bond donors (Lipinski definition) is 0. The predicted molar refractivity (Wildman–Crippen MR) is 97.4 cm³/mol. The molecular formula is C19H30N2O3. The fourth-order valence-corrected chi connectivity index (χ4v) is 2.50. The van der Waals surface area contributed by atoms with E-state index in [-0.39, 0.29) is 12.5 Å². The third-order valence-corrected chi connectivity index (χ3v) is 3.54. The second kappa shape index (κ2) is 8.18. The summed E-state index contributed by atoms with van der Waals surface area (Å²) in [6, 6.07) is 7.88. The summed E-state index contributed by atoms with van der Waals surface area (Å²) in [6.45, 7) is 12.6. The van der Waals surface area contributed by atoms with Gasteiger partial charge in [0.2, 0.25) is 0 Å². The van der Waals surface area contributed by atoms with Crippen molar-refractivity contribution in [2.75, 3.05) is 25.0 Å². The molecule has 5 nitrogen and oxygen atoms in total. The van der Waals surface area contributed by atoms with Gasteiger partial charge in [-0.2, -0.15) is 0 Å². The summed E-state index contributed by atoms with van der Waals surface area (Å²) >= 11 is 0. The molecule has 1 rings (SSSR count). The second-order valence-electron chi connectivity index (χ2n) is 7.17. The molecule has 0 spiro atoms. The number of benzene rings is 1. The monoisotopic (exact) mass is 334 g/mol. The minimum absolute atomic E-state index is 0.0645. The second-order valence-corrected chi connectivity index (χ2v) is 7.17. The molecule has 0 aliphatic rings. The van der Waals surface area contributed by atoms with Crippen molar-refractivity contribution < 1.29 is 14.3 Å². The van der Waals surface area contributed by atoms with Crippen molar-refractivity contribution in [3.63, 3.8) is 0 Å². The first kappa shape index (κ1) is 20.0. The third kappa shape index (κ3) is 5.87. The van der Waals surface area contributed by atoms with Crippen LogP contribution in [-0.4, -0.2) is 48.6 Å². The summed E-state index contributed by atoms with van der Waals surface area (Å²) in [4.78, 5) is 27.9. The highest BCUT2D eigenvalue weighted by atomic mass is 16.6. The average molecular weight is 334 g/mol. The molecule has 0 aliphatic carbocycles. The number of esters is 1. The minimum atomic E-state index is -0.553. The maximum Gasteiger partial charge on any atom is 0.326 e. The lowest BCUT2D eigenvalue weighted by molar-refractivity contribution is -0.155. The van der Waals surface area contributed by atoms with Crippen LogP contribution in [0, 0.1) is 0 Å². The van der Waals surface area contributed by atoms with Gasteiger partial charge in [-0.05, 0) is 65.8 Å². The van der Waals surface area contributed by atoms with Gasteiger partial charge in [0.25, 0.3) is 5.91 Å². The lowest BCUT2D eigenvalue weighted by Gasteiger charge is -2.27. The lowest BCUT2D eigenvalue weighted by atomic mass is 10.1. The first-order valence-corrected chi connectivity index (χ1v) is 8.39. The van der Waals surface area contributed by atoms with E-state index in [2.05, 4.69) is 25.7 Å². The van der Waals surface area contributed by atoms with E-state index in [1.54, 1.807) is 40.0 Å². The maximum absolute atomic E-state index is 12.4. The van der Waals surface area contributed by atoms with Crippen molar-refractivity contribution in [2.24, 2.45) is 0 Å². The van der Waals surface area contributed by atoms with Gasteiger partial charge in [-0.3, -0.25) is 9.59 Å². The van der Waals surface area contributed by atoms with Crippen LogP contribution in [0.2, 0.25) is 0 Å². The highest BCUT2D eigenvalue weighted by Gasteiger charge is 2.20. The van der Waals surface area contributed by atoms with Gasteiger partial charge < -0.3 is 14.5 Å². The molecule has 0 heterocycles. The molecular weight excluding hydrogens is 304 g/mol. The van der Waals surface area contributed by atoms with E-state index in [1.165, 1.54) is 4.90 Å². The first-order valence-electron chi connectivity index (χ1n) is 8.39. The van der Waals surface area contributed by atoms with Crippen LogP contribution in [0.15, 0.2) is 24.3 Å². The number of nitrogens with zero attached hydrogens (tertiary/aromatic N) is 2. The quantitative estimate of drug-likeness (QED) is 0.749. The highest BCUT2D eigenvalue weighted by Crippen LogP contribution is 2.18. The SMILES string of the molecule is CCN(c1ccc(C(=O)N(C)CC(=O)OC(C)(C)C)cc1)C(C)C. The molecule has 0 bridgehead atoms. The minimum Gasteiger partial charge on any atom is -0.459 e. The third-order valence-electron chi connectivity index (χ3n) is 3.54. The molecule has 0 aromatic heterocycles. The summed E-state index contributed by atoms with van der Waals surface area (Å²) in [5.41, 5.74) is 1.09. The zero-order valence-electron chi connectivity index (χ0n) is 15.9. The van der Waals surface area contributed by atoms with Crippen molar-refractivity contribution in [1.82, 2.24) is 4.90 Å². The Morgan fingerprint density at radius 2 is 1.67 bits per heavy atom. The Bertz CT molecular complexity index is 559. The topological polar surface area (TPSA) is 49.9 Å². The van der Waals surface area contributed by atoms with Crippen molar-refractivity contribution in [3.05, 3.63) is 29.8 Å². The van der Waals surface area contributed by atoms with E-state index < -0.39 is 11.6 Å². The van der Waals surface area contributed by atoms with Gasteiger partial charge in [0, 0.05) is 30.9 Å². The molecule has 5 heteroatoms. The average Bonchev–Trinajstić information content (AvgIpc) is 2.45. The Labute approximate surface area is 145 Å². The summed E-state index contributed by atoms with van der Waals surface area (Å²) < 4.78 is 5.25. The maximum atomic E-state index is 12.4. The number of hydrogen-bond acceptors (Lipinski definition) is 4. The first-order chi connectivity index (χ1) is 11.0. The van der Waals surface area contributed by atoms with E-state index in [9.17, 15) is 9.59 Å². The molecule has 0 unspecified atom stereocenters. The molecule has 1 aromatic rings. The van der Waals surface area contributed by atoms with Crippen LogP contribution >= 0.6 is 0 Å². The molecule has 0 N–H and O–H groups in total. The van der Waals surface area contributed by atoms with Gasteiger partial charge in [-0.25, -0.2) is 0 Å². The van der Waals surface area contributed by atoms with Gasteiger partial charge in [0.15, 0.2) is 0 Å². The Balaban J connectivity index is 2.76. The summed E-state index contributed by atoms with van der Waals surface area (Å²) in [5, 5.41) is 0. The Kier molecular flexibility index (Phi) is 6.81. The molecule has 134 valence electrons. The molecule has 0 atom stereocenters. The van der Waals surface area contributed by atoms with Gasteiger partial charge in [0.05, 0.1) is 0 Å². The van der Waals surface area contributed by atoms with Crippen molar-refractivity contribution in [1.29, 1.82) is 0 Å². The summed E-state index contributed by atoms with van der Waals surface area (Å²) in [7, 11) is 1.60. The smallest absolute Gasteiger partial charge is 0.326 e. The van der Waals surface area contributed by atoms with Crippen LogP contribution in [-0.2, 0) is 9.53 Å². The van der Waals surface area contributed by atoms with E-state index >= 15 is 0 Å². The Morgan fingerprint density at radius 3 is 2.08 bits per heavy atom. The molecule has 1 aromatic carbocycles. The van der Waals surface area contributed by atoms with E-state index in [1.807, 2.05) is 12.1 Å². The predicted octanol–water partition coefficient (Wildman–Crippen LogP) is 3.34. The van der Waals surface area contributed by atoms with Gasteiger partial charge >= 0.3 is 5.97 Å². The van der Waals surface area contributed by atoms with Gasteiger partial charge in [0.1, 0.15) is 12.1 Å². The zero-order valence-corrected chi connectivity index (χ0v) is 15.9. The number of anilines is 1. The standard InChI is InChI=1S/C19H30N2O3/c1-8-21(14(2)3)16-11-9-15(10-12-16)18(23)20(7)13-17(22)24-19(4,5)6/h9-12,14H,8,13H2,1-7H3. The molecule has 1 amide bonds. The molecule has 0 aliphatic heterocycles. The largest absolute Gasteiger partial charge is 0.459 e. The van der Waals surface area contributed by atoms with E-state index in [4.69, 9.17) is 4.74 Å².